The van der Waals surface area contributed by atoms with E-state index >= 15 is 0 Å². The molecule has 0 unspecified atom stereocenters. The van der Waals surface area contributed by atoms with E-state index in [1.807, 2.05) is 0 Å². The first kappa shape index (κ1) is 20.7. The number of pyridine rings is 2. The number of hydrogen-bond donors (Lipinski definition) is 3. The summed E-state index contributed by atoms with van der Waals surface area (Å²) >= 11 is 0. The number of amides is 3. The summed E-state index contributed by atoms with van der Waals surface area (Å²) in [5.41, 5.74) is 1.65. The van der Waals surface area contributed by atoms with Crippen LogP contribution in [-0.4, -0.2) is 40.8 Å². The predicted octanol–water partition coefficient (Wildman–Crippen LogP) is 1.53. The van der Waals surface area contributed by atoms with E-state index in [9.17, 15) is 14.4 Å². The fraction of sp³-hybridized carbons (Fsp3) is 0.190. The molecule has 0 fully saturated rings. The van der Waals surface area contributed by atoms with Crippen LogP contribution in [0, 0.1) is 0 Å². The largest absolute Gasteiger partial charge is 0.449 e. The number of carbonyl (C=O) groups excluding carboxylic acids is 3. The average Bonchev–Trinajstić information content (AvgIpc) is 3.28. The van der Waals surface area contributed by atoms with Crippen LogP contribution in [0.4, 0.5) is 0 Å². The molecular weight excluding hydrogens is 386 g/mol. The maximum absolute atomic E-state index is 12.2. The molecule has 0 saturated carbocycles. The van der Waals surface area contributed by atoms with E-state index in [1.165, 1.54) is 13.1 Å². The Labute approximate surface area is 172 Å². The number of aromatic nitrogens is 2. The van der Waals surface area contributed by atoms with Crippen LogP contribution >= 0.6 is 0 Å². The molecule has 0 aliphatic heterocycles. The SMILES string of the molecule is CNC(=O)[C@H](C)NC(=O)c1ccc(-c2cc(CNC(=O)c3ccccn3)ccn2)o1. The Hall–Kier alpha value is -4.01. The van der Waals surface area contributed by atoms with Gasteiger partial charge in [0.15, 0.2) is 11.5 Å². The minimum absolute atomic E-state index is 0.0661. The monoisotopic (exact) mass is 407 g/mol. The molecular formula is C21H21N5O4. The zero-order valence-electron chi connectivity index (χ0n) is 16.5. The van der Waals surface area contributed by atoms with Gasteiger partial charge in [0.05, 0.1) is 0 Å². The van der Waals surface area contributed by atoms with Crippen LogP contribution in [0.2, 0.25) is 0 Å². The van der Waals surface area contributed by atoms with E-state index in [2.05, 4.69) is 25.9 Å². The first-order valence-electron chi connectivity index (χ1n) is 9.24. The van der Waals surface area contributed by atoms with Crippen LogP contribution in [0.1, 0.15) is 33.5 Å². The van der Waals surface area contributed by atoms with Gasteiger partial charge in [0.25, 0.3) is 11.8 Å². The molecule has 3 rings (SSSR count). The second-order valence-corrected chi connectivity index (χ2v) is 6.42. The smallest absolute Gasteiger partial charge is 0.287 e. The topological polar surface area (TPSA) is 126 Å². The third-order valence-electron chi connectivity index (χ3n) is 4.24. The molecule has 9 heteroatoms. The second kappa shape index (κ2) is 9.46. The lowest BCUT2D eigenvalue weighted by Crippen LogP contribution is -2.43. The lowest BCUT2D eigenvalue weighted by atomic mass is 10.2. The highest BCUT2D eigenvalue weighted by Gasteiger charge is 2.18. The number of nitrogens with zero attached hydrogens (tertiary/aromatic N) is 2. The van der Waals surface area contributed by atoms with Gasteiger partial charge in [-0.2, -0.15) is 0 Å². The second-order valence-electron chi connectivity index (χ2n) is 6.42. The third-order valence-corrected chi connectivity index (χ3v) is 4.24. The van der Waals surface area contributed by atoms with E-state index in [4.69, 9.17) is 4.42 Å². The van der Waals surface area contributed by atoms with Gasteiger partial charge in [0.1, 0.15) is 17.4 Å². The van der Waals surface area contributed by atoms with E-state index in [1.54, 1.807) is 55.7 Å². The summed E-state index contributed by atoms with van der Waals surface area (Å²) in [6.07, 6.45) is 3.15. The zero-order valence-corrected chi connectivity index (χ0v) is 16.5. The van der Waals surface area contributed by atoms with Crippen LogP contribution in [0.5, 0.6) is 0 Å². The highest BCUT2D eigenvalue weighted by molar-refractivity contribution is 5.95. The van der Waals surface area contributed by atoms with Crippen molar-refractivity contribution in [1.29, 1.82) is 0 Å². The van der Waals surface area contributed by atoms with Gasteiger partial charge in [-0.25, -0.2) is 0 Å². The summed E-state index contributed by atoms with van der Waals surface area (Å²) < 4.78 is 5.59. The molecule has 3 aromatic rings. The average molecular weight is 407 g/mol. The fourth-order valence-electron chi connectivity index (χ4n) is 2.64. The van der Waals surface area contributed by atoms with Gasteiger partial charge >= 0.3 is 0 Å². The van der Waals surface area contributed by atoms with Crippen LogP contribution in [0.3, 0.4) is 0 Å². The molecule has 3 heterocycles. The Kier molecular flexibility index (Phi) is 6.53. The van der Waals surface area contributed by atoms with Crippen LogP contribution in [-0.2, 0) is 11.3 Å². The van der Waals surface area contributed by atoms with Gasteiger partial charge in [0, 0.05) is 26.0 Å². The molecule has 3 amide bonds. The molecule has 0 saturated heterocycles. The lowest BCUT2D eigenvalue weighted by Gasteiger charge is -2.10. The number of likely N-dealkylation sites (N-methyl/N-ethyl adjacent to an activating group) is 1. The van der Waals surface area contributed by atoms with Crippen LogP contribution in [0.25, 0.3) is 11.5 Å². The van der Waals surface area contributed by atoms with E-state index in [0.717, 1.165) is 5.56 Å². The molecule has 0 spiro atoms. The van der Waals surface area contributed by atoms with Gasteiger partial charge in [-0.1, -0.05) is 6.07 Å². The summed E-state index contributed by atoms with van der Waals surface area (Å²) in [5.74, 6) is -0.633. The van der Waals surface area contributed by atoms with E-state index in [0.29, 0.717) is 17.1 Å². The molecule has 0 aliphatic rings. The van der Waals surface area contributed by atoms with Crippen molar-refractivity contribution in [3.63, 3.8) is 0 Å². The Morgan fingerprint density at radius 3 is 2.60 bits per heavy atom. The van der Waals surface area contributed by atoms with Crippen molar-refractivity contribution < 1.29 is 18.8 Å². The van der Waals surface area contributed by atoms with Crippen molar-refractivity contribution >= 4 is 17.7 Å². The quantitative estimate of drug-likeness (QED) is 0.545. The van der Waals surface area contributed by atoms with Crippen molar-refractivity contribution in [2.75, 3.05) is 7.05 Å². The molecule has 3 N–H and O–H groups in total. The van der Waals surface area contributed by atoms with Gasteiger partial charge < -0.3 is 20.4 Å². The zero-order chi connectivity index (χ0) is 21.5. The van der Waals surface area contributed by atoms with Crippen molar-refractivity contribution in [3.05, 3.63) is 71.9 Å². The summed E-state index contributed by atoms with van der Waals surface area (Å²) in [7, 11) is 1.49. The molecule has 154 valence electrons. The number of hydrogen-bond acceptors (Lipinski definition) is 6. The maximum atomic E-state index is 12.2. The number of rotatable bonds is 7. The van der Waals surface area contributed by atoms with E-state index in [-0.39, 0.29) is 24.1 Å². The van der Waals surface area contributed by atoms with Crippen molar-refractivity contribution in [3.8, 4) is 11.5 Å². The molecule has 3 aromatic heterocycles. The van der Waals surface area contributed by atoms with Crippen molar-refractivity contribution in [1.82, 2.24) is 25.9 Å². The predicted molar refractivity (Wildman–Crippen MR) is 108 cm³/mol. The summed E-state index contributed by atoms with van der Waals surface area (Å²) in [4.78, 5) is 44.2. The minimum Gasteiger partial charge on any atom is -0.449 e. The van der Waals surface area contributed by atoms with Gasteiger partial charge in [-0.15, -0.1) is 0 Å². The molecule has 30 heavy (non-hydrogen) atoms. The standard InChI is InChI=1S/C21H21N5O4/c1-13(19(27)22-2)26-21(29)18-7-6-17(30-18)16-11-14(8-10-24-16)12-25-20(28)15-5-3-4-9-23-15/h3-11,13H,12H2,1-2H3,(H,22,27)(H,25,28)(H,26,29)/t13-/m0/s1. The minimum atomic E-state index is -0.694. The third kappa shape index (κ3) is 5.07. The Balaban J connectivity index is 1.65. The molecule has 0 radical (unpaired) electrons. The Morgan fingerprint density at radius 1 is 1.03 bits per heavy atom. The highest BCUT2D eigenvalue weighted by Crippen LogP contribution is 2.21. The molecule has 9 nitrogen and oxygen atoms in total. The van der Waals surface area contributed by atoms with Crippen molar-refractivity contribution in [2.24, 2.45) is 0 Å². The molecule has 0 aliphatic carbocycles. The van der Waals surface area contributed by atoms with Gasteiger partial charge in [-0.3, -0.25) is 24.4 Å². The van der Waals surface area contributed by atoms with Crippen LogP contribution < -0.4 is 16.0 Å². The highest BCUT2D eigenvalue weighted by atomic mass is 16.4. The number of nitrogens with one attached hydrogen (secondary N) is 3. The fourth-order valence-corrected chi connectivity index (χ4v) is 2.64. The first-order chi connectivity index (χ1) is 14.5. The van der Waals surface area contributed by atoms with Gasteiger partial charge in [0.2, 0.25) is 5.91 Å². The van der Waals surface area contributed by atoms with Gasteiger partial charge in [-0.05, 0) is 48.9 Å². The molecule has 1 atom stereocenters. The van der Waals surface area contributed by atoms with Crippen molar-refractivity contribution in [2.45, 2.75) is 19.5 Å². The normalized spacial score (nSPS) is 11.4. The molecule has 0 aromatic carbocycles. The number of furan rings is 1. The number of carbonyl (C=O) groups is 3. The Bertz CT molecular complexity index is 1050. The maximum Gasteiger partial charge on any atom is 0.287 e. The van der Waals surface area contributed by atoms with E-state index < -0.39 is 11.9 Å². The lowest BCUT2D eigenvalue weighted by molar-refractivity contribution is -0.122. The molecule has 0 bridgehead atoms. The van der Waals surface area contributed by atoms with Crippen LogP contribution in [0.15, 0.2) is 59.3 Å². The summed E-state index contributed by atoms with van der Waals surface area (Å²) in [6.45, 7) is 1.85. The summed E-state index contributed by atoms with van der Waals surface area (Å²) in [5, 5.41) is 7.81. The first-order valence-corrected chi connectivity index (χ1v) is 9.24. The Morgan fingerprint density at radius 2 is 1.87 bits per heavy atom. The summed E-state index contributed by atoms with van der Waals surface area (Å²) in [6, 6.07) is 11.1.